The first-order valence-corrected chi connectivity index (χ1v) is 41.2. The average Bonchev–Trinajstić information content (AvgIpc) is 1.58. The Morgan fingerprint density at radius 1 is 0.252 bits per heavy atom. The molecule has 0 radical (unpaired) electrons. The van der Waals surface area contributed by atoms with Gasteiger partial charge in [-0.3, -0.25) is 76.7 Å². The van der Waals surface area contributed by atoms with E-state index in [1.807, 2.05) is 82.3 Å². The van der Waals surface area contributed by atoms with Gasteiger partial charge in [0.15, 0.2) is 0 Å². The van der Waals surface area contributed by atoms with E-state index >= 15 is 0 Å². The summed E-state index contributed by atoms with van der Waals surface area (Å²) in [5.41, 5.74) is 3.73. The second-order valence-corrected chi connectivity index (χ2v) is 33.7. The number of fused-ring (bicyclic) bond motifs is 7. The molecule has 1 fully saturated rings. The van der Waals surface area contributed by atoms with Gasteiger partial charge in [0.2, 0.25) is 79.5 Å². The second kappa shape index (κ2) is 35.1. The number of methoxy groups -OCH3 is 6. The molecule has 0 spiro atoms. The fraction of sp³-hybridized carbons (Fsp3) is 0.172. The Hall–Kier alpha value is -12.8. The van der Waals surface area contributed by atoms with Gasteiger partial charge in [0, 0.05) is 130 Å². The van der Waals surface area contributed by atoms with Gasteiger partial charge in [-0.15, -0.1) is 17.0 Å². The molecule has 32 heteroatoms. The van der Waals surface area contributed by atoms with Crippen LogP contribution in [-0.4, -0.2) is 168 Å². The molecular weight excluding hydrogens is 1890 g/mol. The highest BCUT2D eigenvalue weighted by Crippen LogP contribution is 2.43. The molecule has 131 heavy (non-hydrogen) atoms. The standard InChI is InChI=1S/C28H22O8.C24H14O8.C24H10O6.C17H21BO6.C6H4Br2.BrH.H2/c1-33-27(34-2)23(29)19-10-8-17(13-21(19)25(27)31)15-6-5-7-16(12-15)18-9-11-20-22(14-18)26(32)28(35-3,36-4)24(20)30;25-19-15-6-4-13(9-17(15)21(27)23(19,29)30)11-2-1-3-12(8-11)14-5-7-16-18(10-14)22(28)24(31,32)20(16)26;25-19-15-6-4-13(9-17(15)21(27)23(19)29)11-2-1-3-12(8-11)14-5-7-16-18(10-14)22(28)24(30)20(16)26;1-15(2)16(3,4)24-18(23-15)10-7-8-11-12(9-10)14(20)17(21-5,22-6)13(11)19;7-5-2-1-3-6(8)4-5;;/h5-14H,1-4H3;1-10,29-32H;1-10H;7-9H,1-6H3;1-4H;2*1H/i;;;;;;1+1. The number of hydrogen-bond donors (Lipinski definition) is 4. The summed E-state index contributed by atoms with van der Waals surface area (Å²) in [6.07, 6.45) is 0. The molecule has 5 aliphatic carbocycles. The largest absolute Gasteiger partial charge is 0.494 e. The van der Waals surface area contributed by atoms with Gasteiger partial charge in [-0.1, -0.05) is 147 Å². The first-order valence-electron chi connectivity index (χ1n) is 39.6. The van der Waals surface area contributed by atoms with Crippen molar-refractivity contribution in [2.45, 2.75) is 67.8 Å². The summed E-state index contributed by atoms with van der Waals surface area (Å²) in [5.74, 6) is -19.4. The first kappa shape index (κ1) is 94.3. The van der Waals surface area contributed by atoms with E-state index in [1.54, 1.807) is 121 Å². The molecule has 0 saturated carbocycles. The molecule has 0 bridgehead atoms. The molecule has 0 amide bonds. The van der Waals surface area contributed by atoms with Gasteiger partial charge in [0.1, 0.15) is 0 Å². The molecule has 0 aromatic heterocycles. The van der Waals surface area contributed by atoms with E-state index in [9.17, 15) is 97.1 Å². The van der Waals surface area contributed by atoms with Crippen molar-refractivity contribution < 1.29 is 108 Å². The number of benzene rings is 11. The molecule has 662 valence electrons. The number of ether oxygens (including phenoxy) is 6. The van der Waals surface area contributed by atoms with Crippen LogP contribution >= 0.6 is 48.8 Å². The summed E-state index contributed by atoms with van der Waals surface area (Å²) in [4.78, 5) is 196. The van der Waals surface area contributed by atoms with E-state index in [4.69, 9.17) is 37.7 Å². The molecule has 0 unspecified atom stereocenters. The van der Waals surface area contributed by atoms with Crippen LogP contribution in [0.5, 0.6) is 0 Å². The number of carbonyl (C=O) groups is 10. The van der Waals surface area contributed by atoms with Crippen LogP contribution in [0.1, 0.15) is 133 Å². The number of aliphatic hydroxyl groups is 4. The number of halogens is 3. The third-order valence-electron chi connectivity index (χ3n) is 24.1. The third-order valence-corrected chi connectivity index (χ3v) is 25.1. The van der Waals surface area contributed by atoms with Crippen LogP contribution in [0.3, 0.4) is 0 Å². The van der Waals surface area contributed by atoms with E-state index < -0.39 is 138 Å². The highest BCUT2D eigenvalue weighted by molar-refractivity contribution is 9.11. The SMILES string of the molecule is Br.Brc1cccc(Br)c1.COC1(OC)C(=O)c2ccc(-c3cccc(-c4ccc5c(c4)C(=O)C(OC)(OC)C5=O)c3)cc2C1=O.COC1(OC)C(=O)c2ccc(B3OC(C)(C)C(C)(C)O3)cc2C1=O.O=C1c2ccc(-c3cccc(-c4ccc5c(c4)C(=O)C(O)(O)C5=O)c3)cc2C(=O)C1(O)O.O=c1c(=O)c2ccc(-c3cccc(-c4ccc5c(=O)c(=O)c(=O)c5c4)c3)cc2c1=O.[2HH]. The van der Waals surface area contributed by atoms with Gasteiger partial charge in [-0.2, -0.15) is 0 Å². The molecule has 6 aliphatic rings. The Kier molecular flexibility index (Phi) is 25.3. The quantitative estimate of drug-likeness (QED) is 0.0360. The Morgan fingerprint density at radius 3 is 0.756 bits per heavy atom. The van der Waals surface area contributed by atoms with Gasteiger partial charge in [0.25, 0.3) is 39.8 Å². The molecule has 13 aromatic carbocycles. The predicted octanol–water partition coefficient (Wildman–Crippen LogP) is 11.5. The fourth-order valence-electron chi connectivity index (χ4n) is 16.2. The Morgan fingerprint density at radius 2 is 0.473 bits per heavy atom. The van der Waals surface area contributed by atoms with Gasteiger partial charge in [-0.25, -0.2) is 0 Å². The summed E-state index contributed by atoms with van der Waals surface area (Å²) < 4.78 is 45.1. The lowest BCUT2D eigenvalue weighted by atomic mass is 9.78. The molecule has 19 rings (SSSR count). The van der Waals surface area contributed by atoms with Crippen molar-refractivity contribution in [3.63, 3.8) is 0 Å². The van der Waals surface area contributed by atoms with Crippen molar-refractivity contribution >= 4 is 141 Å². The minimum atomic E-state index is -3.06. The topological polar surface area (TPSA) is 428 Å². The van der Waals surface area contributed by atoms with Crippen LogP contribution in [0.2, 0.25) is 0 Å². The molecule has 0 atom stereocenters. The van der Waals surface area contributed by atoms with Crippen LogP contribution in [0.25, 0.3) is 88.3 Å². The maximum absolute atomic E-state index is 13.0. The molecule has 1 heterocycles. The van der Waals surface area contributed by atoms with Crippen molar-refractivity contribution in [2.24, 2.45) is 0 Å². The summed E-state index contributed by atoms with van der Waals surface area (Å²) in [7, 11) is 6.98. The maximum Gasteiger partial charge on any atom is 0.494 e. The zero-order chi connectivity index (χ0) is 93.9. The molecule has 1 saturated heterocycles. The van der Waals surface area contributed by atoms with Crippen molar-refractivity contribution in [3.05, 3.63) is 350 Å². The Bertz CT molecular complexity index is 7100. The molecule has 4 N–H and O–H groups in total. The van der Waals surface area contributed by atoms with E-state index in [1.165, 1.54) is 91.2 Å². The van der Waals surface area contributed by atoms with E-state index in [0.29, 0.717) is 50.0 Å². The molecule has 1 aliphatic heterocycles. The highest BCUT2D eigenvalue weighted by atomic mass is 79.9. The zero-order valence-corrected chi connectivity index (χ0v) is 75.6. The van der Waals surface area contributed by atoms with Crippen molar-refractivity contribution in [2.75, 3.05) is 42.7 Å². The fourth-order valence-corrected chi connectivity index (χ4v) is 17.3. The second-order valence-electron chi connectivity index (χ2n) is 31.8. The lowest BCUT2D eigenvalue weighted by molar-refractivity contribution is -0.133. The Balaban J connectivity index is 0.000000146. The average molecular weight is 1960 g/mol. The number of Topliss-reactive ketones (excluding diaryl/α,β-unsaturated/α-hetero) is 10. The van der Waals surface area contributed by atoms with Crippen LogP contribution in [0.15, 0.2) is 262 Å². The van der Waals surface area contributed by atoms with Crippen molar-refractivity contribution in [1.29, 1.82) is 0 Å². The van der Waals surface area contributed by atoms with Crippen LogP contribution < -0.4 is 38.0 Å². The number of rotatable bonds is 13. The smallest absolute Gasteiger partial charge is 0.399 e. The van der Waals surface area contributed by atoms with E-state index in [2.05, 4.69) is 31.9 Å². The van der Waals surface area contributed by atoms with Gasteiger partial charge in [0.05, 0.1) is 11.2 Å². The number of ketones is 10. The van der Waals surface area contributed by atoms with Crippen LogP contribution in [0, 0.1) is 0 Å². The summed E-state index contributed by atoms with van der Waals surface area (Å²) in [5, 5.41) is 39.3. The first-order chi connectivity index (χ1) is 61.5. The van der Waals surface area contributed by atoms with Crippen molar-refractivity contribution in [1.82, 2.24) is 0 Å². The molecule has 28 nitrogen and oxygen atoms in total. The van der Waals surface area contributed by atoms with Crippen LogP contribution in [0.4, 0.5) is 0 Å². The van der Waals surface area contributed by atoms with Crippen molar-refractivity contribution in [3.8, 4) is 66.8 Å². The predicted molar refractivity (Wildman–Crippen MR) is 494 cm³/mol. The summed E-state index contributed by atoms with van der Waals surface area (Å²) in [6, 6.07) is 62.4. The minimum absolute atomic E-state index is 0. The maximum atomic E-state index is 13.0. The summed E-state index contributed by atoms with van der Waals surface area (Å²) >= 11 is 6.66. The van der Waals surface area contributed by atoms with Gasteiger partial charge >= 0.3 is 7.12 Å². The highest BCUT2D eigenvalue weighted by Gasteiger charge is 2.59. The third kappa shape index (κ3) is 15.6. The van der Waals surface area contributed by atoms with Gasteiger partial charge in [-0.05, 0) is 209 Å². The zero-order valence-electron chi connectivity index (χ0n) is 70.7. The van der Waals surface area contributed by atoms with E-state index in [-0.39, 0.29) is 95.6 Å². The normalized spacial score (nSPS) is 16.7. The lowest BCUT2D eigenvalue weighted by Gasteiger charge is -2.32. The number of carbonyl (C=O) groups excluding carboxylic acids is 10. The monoisotopic (exact) mass is 1960 g/mol. The van der Waals surface area contributed by atoms with E-state index in [0.717, 1.165) is 31.2 Å². The Labute approximate surface area is 770 Å². The van der Waals surface area contributed by atoms with Gasteiger partial charge < -0.3 is 58.2 Å². The molecular formula is C99H74BBr3O28. The van der Waals surface area contributed by atoms with Crippen LogP contribution in [-0.2, 0) is 37.7 Å². The lowest BCUT2D eigenvalue weighted by Crippen LogP contribution is -2.45. The minimum Gasteiger partial charge on any atom is -0.399 e. The molecule has 13 aromatic rings. The summed E-state index contributed by atoms with van der Waals surface area (Å²) in [6.45, 7) is 7.82. The number of hydrogen-bond acceptors (Lipinski definition) is 28.